The number of hydrogen-bond acceptors (Lipinski definition) is 3. The maximum Gasteiger partial charge on any atom is 0.123 e. The molecule has 0 fully saturated rings. The van der Waals surface area contributed by atoms with Crippen LogP contribution in [0.3, 0.4) is 0 Å². The molecule has 108 valence electrons. The van der Waals surface area contributed by atoms with Crippen LogP contribution in [0.25, 0.3) is 0 Å². The molecule has 0 saturated carbocycles. The molecule has 1 N–H and O–H groups in total. The molecule has 0 aliphatic carbocycles. The molecule has 0 saturated heterocycles. The van der Waals surface area contributed by atoms with Crippen LogP contribution in [-0.4, -0.2) is 28.6 Å². The molecular weight excluding hydrogens is 273 g/mol. The van der Waals surface area contributed by atoms with Gasteiger partial charge in [0.25, 0.3) is 0 Å². The van der Waals surface area contributed by atoms with Crippen molar-refractivity contribution in [3.05, 3.63) is 47.5 Å². The Balaban J connectivity index is 1.92. The van der Waals surface area contributed by atoms with Crippen LogP contribution in [0.2, 0.25) is 0 Å². The smallest absolute Gasteiger partial charge is 0.123 e. The molecule has 0 spiro atoms. The van der Waals surface area contributed by atoms with Crippen molar-refractivity contribution in [2.75, 3.05) is 12.8 Å². The average molecular weight is 293 g/mol. The summed E-state index contributed by atoms with van der Waals surface area (Å²) < 4.78 is 14.8. The van der Waals surface area contributed by atoms with Crippen LogP contribution in [0, 0.1) is 12.7 Å². The largest absolute Gasteiger partial charge is 0.316 e. The van der Waals surface area contributed by atoms with E-state index in [4.69, 9.17) is 0 Å². The molecule has 0 aliphatic heterocycles. The number of nitrogens with one attached hydrogen (secondary N) is 1. The predicted octanol–water partition coefficient (Wildman–Crippen LogP) is 2.79. The SMILES string of the molecule is CNC(CSc1ccc(F)cc1)Cc1cc(C)nn1C. The van der Waals surface area contributed by atoms with Gasteiger partial charge in [-0.15, -0.1) is 11.8 Å². The van der Waals surface area contributed by atoms with Gasteiger partial charge in [-0.2, -0.15) is 5.10 Å². The zero-order chi connectivity index (χ0) is 14.5. The number of benzene rings is 1. The summed E-state index contributed by atoms with van der Waals surface area (Å²) in [5.41, 5.74) is 2.27. The van der Waals surface area contributed by atoms with E-state index in [1.807, 2.05) is 37.8 Å². The highest BCUT2D eigenvalue weighted by Crippen LogP contribution is 2.20. The maximum atomic E-state index is 12.9. The van der Waals surface area contributed by atoms with Crippen LogP contribution in [0.4, 0.5) is 4.39 Å². The first-order chi connectivity index (χ1) is 9.58. The second-order valence-corrected chi connectivity index (χ2v) is 5.95. The maximum absolute atomic E-state index is 12.9. The van der Waals surface area contributed by atoms with E-state index in [1.54, 1.807) is 11.8 Å². The molecule has 1 aromatic heterocycles. The third-order valence-corrected chi connectivity index (χ3v) is 4.40. The lowest BCUT2D eigenvalue weighted by atomic mass is 10.2. The Morgan fingerprint density at radius 3 is 2.60 bits per heavy atom. The molecule has 1 heterocycles. The van der Waals surface area contributed by atoms with E-state index in [0.29, 0.717) is 6.04 Å². The highest BCUT2D eigenvalue weighted by atomic mass is 32.2. The highest BCUT2D eigenvalue weighted by molar-refractivity contribution is 7.99. The van der Waals surface area contributed by atoms with Crippen LogP contribution in [0.15, 0.2) is 35.2 Å². The van der Waals surface area contributed by atoms with Crippen molar-refractivity contribution in [3.63, 3.8) is 0 Å². The fourth-order valence-corrected chi connectivity index (χ4v) is 3.09. The predicted molar refractivity (Wildman–Crippen MR) is 81.6 cm³/mol. The Morgan fingerprint density at radius 1 is 1.35 bits per heavy atom. The van der Waals surface area contributed by atoms with Crippen molar-refractivity contribution < 1.29 is 4.39 Å². The molecule has 0 amide bonds. The molecule has 0 bridgehead atoms. The Hall–Kier alpha value is -1.33. The first-order valence-electron chi connectivity index (χ1n) is 6.63. The minimum absolute atomic E-state index is 0.190. The van der Waals surface area contributed by atoms with Crippen LogP contribution in [0.5, 0.6) is 0 Å². The van der Waals surface area contributed by atoms with Crippen molar-refractivity contribution in [2.45, 2.75) is 24.3 Å². The molecule has 5 heteroatoms. The van der Waals surface area contributed by atoms with Gasteiger partial charge in [-0.05, 0) is 44.3 Å². The van der Waals surface area contributed by atoms with E-state index in [2.05, 4.69) is 16.5 Å². The van der Waals surface area contributed by atoms with Crippen LogP contribution >= 0.6 is 11.8 Å². The Bertz CT molecular complexity index is 551. The molecule has 1 unspecified atom stereocenters. The van der Waals surface area contributed by atoms with E-state index < -0.39 is 0 Å². The first kappa shape index (κ1) is 15.1. The fraction of sp³-hybridized carbons (Fsp3) is 0.400. The summed E-state index contributed by atoms with van der Waals surface area (Å²) >= 11 is 1.73. The van der Waals surface area contributed by atoms with Gasteiger partial charge in [0.05, 0.1) is 5.69 Å². The summed E-state index contributed by atoms with van der Waals surface area (Å²) in [6.45, 7) is 2.01. The molecule has 0 radical (unpaired) electrons. The van der Waals surface area contributed by atoms with Crippen LogP contribution < -0.4 is 5.32 Å². The summed E-state index contributed by atoms with van der Waals surface area (Å²) in [6.07, 6.45) is 0.933. The summed E-state index contributed by atoms with van der Waals surface area (Å²) in [5, 5.41) is 7.70. The Morgan fingerprint density at radius 2 is 2.05 bits per heavy atom. The third kappa shape index (κ3) is 4.08. The van der Waals surface area contributed by atoms with Gasteiger partial charge in [-0.25, -0.2) is 4.39 Å². The van der Waals surface area contributed by atoms with E-state index in [1.165, 1.54) is 17.8 Å². The zero-order valence-electron chi connectivity index (χ0n) is 12.1. The summed E-state index contributed by atoms with van der Waals surface area (Å²) in [4.78, 5) is 1.09. The molecule has 0 aliphatic rings. The number of nitrogens with zero attached hydrogens (tertiary/aromatic N) is 2. The van der Waals surface area contributed by atoms with Gasteiger partial charge < -0.3 is 5.32 Å². The molecule has 1 atom stereocenters. The van der Waals surface area contributed by atoms with Crippen LogP contribution in [-0.2, 0) is 13.5 Å². The van der Waals surface area contributed by atoms with Crippen molar-refractivity contribution in [2.24, 2.45) is 7.05 Å². The van der Waals surface area contributed by atoms with Crippen LogP contribution in [0.1, 0.15) is 11.4 Å². The van der Waals surface area contributed by atoms with E-state index >= 15 is 0 Å². The second-order valence-electron chi connectivity index (χ2n) is 4.86. The second kappa shape index (κ2) is 6.90. The lowest BCUT2D eigenvalue weighted by molar-refractivity contribution is 0.581. The van der Waals surface area contributed by atoms with E-state index in [0.717, 1.165) is 22.8 Å². The quantitative estimate of drug-likeness (QED) is 0.831. The summed E-state index contributed by atoms with van der Waals surface area (Å²) in [5.74, 6) is 0.747. The Kier molecular flexibility index (Phi) is 5.20. The average Bonchev–Trinajstić information content (AvgIpc) is 2.74. The number of likely N-dealkylation sites (N-methyl/N-ethyl adjacent to an activating group) is 1. The lowest BCUT2D eigenvalue weighted by Gasteiger charge is -2.15. The molecular formula is C15H20FN3S. The Labute approximate surface area is 123 Å². The van der Waals surface area contributed by atoms with Gasteiger partial charge in [-0.3, -0.25) is 4.68 Å². The van der Waals surface area contributed by atoms with E-state index in [9.17, 15) is 4.39 Å². The summed E-state index contributed by atoms with van der Waals surface area (Å²) in [6, 6.07) is 9.12. The number of aryl methyl sites for hydroxylation is 2. The van der Waals surface area contributed by atoms with Crippen molar-refractivity contribution in [3.8, 4) is 0 Å². The zero-order valence-corrected chi connectivity index (χ0v) is 12.9. The first-order valence-corrected chi connectivity index (χ1v) is 7.62. The normalized spacial score (nSPS) is 12.6. The minimum Gasteiger partial charge on any atom is -0.316 e. The standard InChI is InChI=1S/C15H20FN3S/c1-11-8-14(19(3)18-11)9-13(17-2)10-20-15-6-4-12(16)5-7-15/h4-8,13,17H,9-10H2,1-3H3. The molecule has 2 rings (SSSR count). The van der Waals surface area contributed by atoms with Gasteiger partial charge in [0.15, 0.2) is 0 Å². The number of halogens is 1. The van der Waals surface area contributed by atoms with Crippen molar-refractivity contribution >= 4 is 11.8 Å². The highest BCUT2D eigenvalue weighted by Gasteiger charge is 2.11. The van der Waals surface area contributed by atoms with E-state index in [-0.39, 0.29) is 5.82 Å². The third-order valence-electron chi connectivity index (χ3n) is 3.23. The topological polar surface area (TPSA) is 29.9 Å². The van der Waals surface area contributed by atoms with Gasteiger partial charge in [-0.1, -0.05) is 0 Å². The fourth-order valence-electron chi connectivity index (χ4n) is 2.08. The number of aromatic nitrogens is 2. The minimum atomic E-state index is -0.190. The van der Waals surface area contributed by atoms with Crippen molar-refractivity contribution in [1.82, 2.24) is 15.1 Å². The number of thioether (sulfide) groups is 1. The van der Waals surface area contributed by atoms with Gasteiger partial charge in [0.2, 0.25) is 0 Å². The van der Waals surface area contributed by atoms with Gasteiger partial charge in [0.1, 0.15) is 5.82 Å². The monoisotopic (exact) mass is 293 g/mol. The number of hydrogen-bond donors (Lipinski definition) is 1. The lowest BCUT2D eigenvalue weighted by Crippen LogP contribution is -2.30. The van der Waals surface area contributed by atoms with Gasteiger partial charge >= 0.3 is 0 Å². The molecule has 3 nitrogen and oxygen atoms in total. The summed E-state index contributed by atoms with van der Waals surface area (Å²) in [7, 11) is 3.95. The molecule has 1 aromatic carbocycles. The van der Waals surface area contributed by atoms with Crippen molar-refractivity contribution in [1.29, 1.82) is 0 Å². The number of rotatable bonds is 6. The molecule has 2 aromatic rings. The molecule has 20 heavy (non-hydrogen) atoms. The van der Waals surface area contributed by atoms with Gasteiger partial charge in [0, 0.05) is 35.9 Å².